The largest absolute Gasteiger partial charge is 0.206 e. The predicted octanol–water partition coefficient (Wildman–Crippen LogP) is 8.99. The molecule has 1 fully saturated rings. The summed E-state index contributed by atoms with van der Waals surface area (Å²) in [5.41, 5.74) is 0.628. The van der Waals surface area contributed by atoms with Crippen molar-refractivity contribution >= 4 is 11.6 Å². The van der Waals surface area contributed by atoms with Crippen molar-refractivity contribution in [1.29, 1.82) is 0 Å². The fourth-order valence-electron chi connectivity index (χ4n) is 4.94. The summed E-state index contributed by atoms with van der Waals surface area (Å²) in [4.78, 5) is 0. The Morgan fingerprint density at radius 1 is 0.933 bits per heavy atom. The van der Waals surface area contributed by atoms with Crippen LogP contribution in [-0.2, 0) is 6.42 Å². The van der Waals surface area contributed by atoms with Gasteiger partial charge in [0.1, 0.15) is 17.5 Å². The van der Waals surface area contributed by atoms with Crippen LogP contribution < -0.4 is 0 Å². The normalized spacial score (nSPS) is 20.3. The molecule has 0 nitrogen and oxygen atoms in total. The average molecular weight is 437 g/mol. The van der Waals surface area contributed by atoms with Gasteiger partial charge in [-0.2, -0.15) is 0 Å². The van der Waals surface area contributed by atoms with E-state index in [2.05, 4.69) is 13.8 Å². The summed E-state index contributed by atoms with van der Waals surface area (Å²) < 4.78 is 43.2. The molecule has 0 saturated heterocycles. The van der Waals surface area contributed by atoms with Crippen LogP contribution in [0, 0.1) is 35.2 Å². The molecule has 164 valence electrons. The van der Waals surface area contributed by atoms with Gasteiger partial charge in [0.2, 0.25) is 0 Å². The molecule has 0 heterocycles. The second-order valence-corrected chi connectivity index (χ2v) is 9.43. The zero-order valence-corrected chi connectivity index (χ0v) is 18.8. The minimum Gasteiger partial charge on any atom is -0.206 e. The molecule has 0 N–H and O–H groups in total. The first-order chi connectivity index (χ1) is 14.4. The van der Waals surface area contributed by atoms with Crippen molar-refractivity contribution in [3.8, 4) is 11.1 Å². The summed E-state index contributed by atoms with van der Waals surface area (Å²) in [5.74, 6) is -0.134. The summed E-state index contributed by atoms with van der Waals surface area (Å²) in [7, 11) is 0. The van der Waals surface area contributed by atoms with Crippen molar-refractivity contribution in [1.82, 2.24) is 0 Å². The molecule has 1 unspecified atom stereocenters. The Balaban J connectivity index is 1.62. The molecule has 0 spiro atoms. The van der Waals surface area contributed by atoms with Crippen LogP contribution in [0.1, 0.15) is 70.8 Å². The Bertz CT molecular complexity index is 817. The number of halogens is 4. The van der Waals surface area contributed by atoms with Gasteiger partial charge in [-0.05, 0) is 72.4 Å². The Morgan fingerprint density at radius 3 is 2.20 bits per heavy atom. The minimum atomic E-state index is -0.684. The van der Waals surface area contributed by atoms with E-state index < -0.39 is 17.5 Å². The lowest BCUT2D eigenvalue weighted by atomic mass is 9.73. The van der Waals surface area contributed by atoms with E-state index >= 15 is 0 Å². The standard InChI is InChI=1S/C26H32ClF3/c1-3-4-5-6-18-7-9-20(10-8-18)17(2)13-19-14-24(29)26(25(30)15-19)21-11-12-22(27)23(28)16-21/h11-12,14-18,20H,3-10,13H2,1-2H3. The van der Waals surface area contributed by atoms with Gasteiger partial charge in [-0.3, -0.25) is 0 Å². The number of benzene rings is 2. The second-order valence-electron chi connectivity index (χ2n) is 9.02. The summed E-state index contributed by atoms with van der Waals surface area (Å²) >= 11 is 5.68. The smallest absolute Gasteiger partial charge is 0.142 e. The molecule has 1 aliphatic rings. The van der Waals surface area contributed by atoms with E-state index in [0.717, 1.165) is 12.0 Å². The van der Waals surface area contributed by atoms with E-state index in [1.165, 1.54) is 75.6 Å². The third kappa shape index (κ3) is 5.81. The van der Waals surface area contributed by atoms with Crippen LogP contribution in [0.25, 0.3) is 11.1 Å². The SMILES string of the molecule is CCCCCC1CCC(C(C)Cc2cc(F)c(-c3ccc(Cl)c(F)c3)c(F)c2)CC1. The maximum absolute atomic E-state index is 14.7. The average Bonchev–Trinajstić information content (AvgIpc) is 2.71. The first-order valence-corrected chi connectivity index (χ1v) is 11.7. The highest BCUT2D eigenvalue weighted by atomic mass is 35.5. The molecule has 1 aliphatic carbocycles. The number of hydrogen-bond acceptors (Lipinski definition) is 0. The van der Waals surface area contributed by atoms with E-state index in [4.69, 9.17) is 11.6 Å². The minimum absolute atomic E-state index is 0.0647. The molecule has 30 heavy (non-hydrogen) atoms. The van der Waals surface area contributed by atoms with Gasteiger partial charge in [-0.15, -0.1) is 0 Å². The van der Waals surface area contributed by atoms with Crippen LogP contribution in [0.15, 0.2) is 30.3 Å². The van der Waals surface area contributed by atoms with Crippen LogP contribution in [0.4, 0.5) is 13.2 Å². The third-order valence-corrected chi connectivity index (χ3v) is 7.09. The molecule has 0 radical (unpaired) electrons. The van der Waals surface area contributed by atoms with Crippen LogP contribution >= 0.6 is 11.6 Å². The zero-order chi connectivity index (χ0) is 21.7. The monoisotopic (exact) mass is 436 g/mol. The van der Waals surface area contributed by atoms with Gasteiger partial charge in [0.15, 0.2) is 0 Å². The van der Waals surface area contributed by atoms with Crippen LogP contribution in [0.2, 0.25) is 5.02 Å². The van der Waals surface area contributed by atoms with E-state index in [9.17, 15) is 13.2 Å². The van der Waals surface area contributed by atoms with Gasteiger partial charge in [0.25, 0.3) is 0 Å². The lowest BCUT2D eigenvalue weighted by Crippen LogP contribution is -2.21. The van der Waals surface area contributed by atoms with Crippen LogP contribution in [0.3, 0.4) is 0 Å². The Hall–Kier alpha value is -1.48. The van der Waals surface area contributed by atoms with E-state index in [1.807, 2.05) is 0 Å². The Morgan fingerprint density at radius 2 is 1.60 bits per heavy atom. The molecule has 4 heteroatoms. The van der Waals surface area contributed by atoms with Crippen LogP contribution in [0.5, 0.6) is 0 Å². The van der Waals surface area contributed by atoms with Crippen molar-refractivity contribution in [2.45, 2.75) is 71.6 Å². The van der Waals surface area contributed by atoms with Crippen LogP contribution in [-0.4, -0.2) is 0 Å². The first-order valence-electron chi connectivity index (χ1n) is 11.3. The molecule has 3 rings (SSSR count). The van der Waals surface area contributed by atoms with E-state index in [0.29, 0.717) is 23.8 Å². The molecule has 0 amide bonds. The number of unbranched alkanes of at least 4 members (excludes halogenated alkanes) is 2. The summed E-state index contributed by atoms with van der Waals surface area (Å²) in [6.07, 6.45) is 10.9. The summed E-state index contributed by atoms with van der Waals surface area (Å²) in [6.45, 7) is 4.44. The topological polar surface area (TPSA) is 0 Å². The van der Waals surface area contributed by atoms with Crippen molar-refractivity contribution in [2.24, 2.45) is 17.8 Å². The van der Waals surface area contributed by atoms with Crippen molar-refractivity contribution < 1.29 is 13.2 Å². The second kappa shape index (κ2) is 10.7. The number of rotatable bonds is 8. The molecular weight excluding hydrogens is 405 g/mol. The maximum atomic E-state index is 14.7. The van der Waals surface area contributed by atoms with Crippen molar-refractivity contribution in [3.63, 3.8) is 0 Å². The maximum Gasteiger partial charge on any atom is 0.142 e. The van der Waals surface area contributed by atoms with E-state index in [-0.39, 0.29) is 16.1 Å². The molecule has 1 atom stereocenters. The third-order valence-electron chi connectivity index (χ3n) is 6.78. The fourth-order valence-corrected chi connectivity index (χ4v) is 5.06. The van der Waals surface area contributed by atoms with Crippen molar-refractivity contribution in [2.75, 3.05) is 0 Å². The van der Waals surface area contributed by atoms with Gasteiger partial charge in [-0.25, -0.2) is 13.2 Å². The van der Waals surface area contributed by atoms with Gasteiger partial charge in [0.05, 0.1) is 10.6 Å². The lowest BCUT2D eigenvalue weighted by Gasteiger charge is -2.32. The molecule has 2 aromatic rings. The highest BCUT2D eigenvalue weighted by molar-refractivity contribution is 6.30. The molecule has 2 aromatic carbocycles. The fraction of sp³-hybridized carbons (Fsp3) is 0.538. The molecule has 0 aliphatic heterocycles. The van der Waals surface area contributed by atoms with Gasteiger partial charge >= 0.3 is 0 Å². The van der Waals surface area contributed by atoms with E-state index in [1.54, 1.807) is 0 Å². The molecule has 1 saturated carbocycles. The zero-order valence-electron chi connectivity index (χ0n) is 18.0. The highest BCUT2D eigenvalue weighted by Crippen LogP contribution is 2.37. The summed E-state index contributed by atoms with van der Waals surface area (Å²) in [6, 6.07) is 6.63. The van der Waals surface area contributed by atoms with Gasteiger partial charge in [-0.1, -0.05) is 70.0 Å². The number of hydrogen-bond donors (Lipinski definition) is 0. The molecule has 0 bridgehead atoms. The molecule has 0 aromatic heterocycles. The Labute approximate surface area is 183 Å². The first kappa shape index (κ1) is 23.2. The van der Waals surface area contributed by atoms with Crippen molar-refractivity contribution in [3.05, 3.63) is 58.4 Å². The lowest BCUT2D eigenvalue weighted by molar-refractivity contribution is 0.204. The quantitative estimate of drug-likeness (QED) is 0.362. The highest BCUT2D eigenvalue weighted by Gasteiger charge is 2.25. The molecular formula is C26H32ClF3. The Kier molecular flexibility index (Phi) is 8.27. The van der Waals surface area contributed by atoms with Gasteiger partial charge < -0.3 is 0 Å². The predicted molar refractivity (Wildman–Crippen MR) is 119 cm³/mol. The summed E-state index contributed by atoms with van der Waals surface area (Å²) in [5, 5.41) is -0.0647. The van der Waals surface area contributed by atoms with Gasteiger partial charge in [0, 0.05) is 0 Å².